The van der Waals surface area contributed by atoms with Gasteiger partial charge in [-0.05, 0) is 44.6 Å². The van der Waals surface area contributed by atoms with Crippen LogP contribution in [0.25, 0.3) is 0 Å². The van der Waals surface area contributed by atoms with Crippen LogP contribution in [0.5, 0.6) is 0 Å². The Bertz CT molecular complexity index is 299. The van der Waals surface area contributed by atoms with Gasteiger partial charge in [0, 0.05) is 31.0 Å². The van der Waals surface area contributed by atoms with Crippen molar-refractivity contribution in [3.8, 4) is 0 Å². The van der Waals surface area contributed by atoms with E-state index in [1.54, 1.807) is 0 Å². The molecular formula is C15H27NO2. The molecule has 18 heavy (non-hydrogen) atoms. The Morgan fingerprint density at radius 3 is 2.78 bits per heavy atom. The number of carbonyl (C=O) groups is 1. The lowest BCUT2D eigenvalue weighted by Crippen LogP contribution is -2.40. The number of hydrogen-bond donors (Lipinski definition) is 1. The molecule has 2 unspecified atom stereocenters. The van der Waals surface area contributed by atoms with E-state index >= 15 is 0 Å². The van der Waals surface area contributed by atoms with Crippen molar-refractivity contribution < 1.29 is 9.90 Å². The monoisotopic (exact) mass is 253 g/mol. The van der Waals surface area contributed by atoms with Crippen LogP contribution in [0.3, 0.4) is 0 Å². The Balaban J connectivity index is 1.84. The van der Waals surface area contributed by atoms with E-state index in [0.29, 0.717) is 18.3 Å². The second kappa shape index (κ2) is 5.70. The molecule has 2 aliphatic rings. The van der Waals surface area contributed by atoms with Crippen LogP contribution in [0.2, 0.25) is 0 Å². The molecule has 1 saturated heterocycles. The fraction of sp³-hybridized carbons (Fsp3) is 0.933. The Labute approximate surface area is 111 Å². The van der Waals surface area contributed by atoms with E-state index < -0.39 is 0 Å². The molecule has 0 radical (unpaired) electrons. The number of rotatable bonds is 4. The first kappa shape index (κ1) is 14.0. The van der Waals surface area contributed by atoms with Gasteiger partial charge in [-0.15, -0.1) is 0 Å². The minimum absolute atomic E-state index is 0.0923. The Kier molecular flexibility index (Phi) is 4.44. The number of piperidine rings is 1. The topological polar surface area (TPSA) is 40.5 Å². The molecule has 0 aromatic rings. The standard InChI is InChI=1S/C15H27NO2/c1-15(2)7-5-13(14(15)18)11-16-8-3-4-12(10-16)6-9-17/h12-13,17H,3-11H2,1-2H3. The molecular weight excluding hydrogens is 226 g/mol. The van der Waals surface area contributed by atoms with E-state index in [0.717, 1.165) is 38.9 Å². The number of aliphatic hydroxyl groups is 1. The highest BCUT2D eigenvalue weighted by atomic mass is 16.3. The lowest BCUT2D eigenvalue weighted by atomic mass is 9.88. The van der Waals surface area contributed by atoms with Gasteiger partial charge in [0.2, 0.25) is 0 Å². The minimum atomic E-state index is -0.0923. The van der Waals surface area contributed by atoms with Crippen LogP contribution in [-0.4, -0.2) is 42.0 Å². The highest BCUT2D eigenvalue weighted by Gasteiger charge is 2.41. The predicted octanol–water partition coefficient (Wildman–Crippen LogP) is 2.09. The number of likely N-dealkylation sites (tertiary alicyclic amines) is 1. The van der Waals surface area contributed by atoms with Crippen LogP contribution in [0, 0.1) is 17.3 Å². The largest absolute Gasteiger partial charge is 0.396 e. The minimum Gasteiger partial charge on any atom is -0.396 e. The molecule has 1 N–H and O–H groups in total. The van der Waals surface area contributed by atoms with Crippen molar-refractivity contribution in [3.05, 3.63) is 0 Å². The van der Waals surface area contributed by atoms with Crippen molar-refractivity contribution in [2.24, 2.45) is 17.3 Å². The van der Waals surface area contributed by atoms with Crippen LogP contribution >= 0.6 is 0 Å². The normalized spacial score (nSPS) is 32.9. The summed E-state index contributed by atoms with van der Waals surface area (Å²) in [5.74, 6) is 1.35. The zero-order valence-corrected chi connectivity index (χ0v) is 11.8. The highest BCUT2D eigenvalue weighted by Crippen LogP contribution is 2.38. The summed E-state index contributed by atoms with van der Waals surface area (Å²) in [6, 6.07) is 0. The van der Waals surface area contributed by atoms with Gasteiger partial charge in [-0.25, -0.2) is 0 Å². The van der Waals surface area contributed by atoms with E-state index in [1.165, 1.54) is 12.8 Å². The first-order valence-electron chi connectivity index (χ1n) is 7.40. The number of nitrogens with zero attached hydrogens (tertiary/aromatic N) is 1. The highest BCUT2D eigenvalue weighted by molar-refractivity contribution is 5.88. The summed E-state index contributed by atoms with van der Waals surface area (Å²) in [6.45, 7) is 7.62. The second-order valence-corrected chi connectivity index (χ2v) is 6.76. The third-order valence-corrected chi connectivity index (χ3v) is 4.77. The van der Waals surface area contributed by atoms with Crippen LogP contribution < -0.4 is 0 Å². The second-order valence-electron chi connectivity index (χ2n) is 6.76. The van der Waals surface area contributed by atoms with Crippen molar-refractivity contribution in [2.45, 2.75) is 46.0 Å². The molecule has 0 aromatic heterocycles. The zero-order valence-electron chi connectivity index (χ0n) is 11.8. The maximum Gasteiger partial charge on any atom is 0.142 e. The third-order valence-electron chi connectivity index (χ3n) is 4.77. The molecule has 2 rings (SSSR count). The summed E-state index contributed by atoms with van der Waals surface area (Å²) in [5, 5.41) is 9.03. The molecule has 2 atom stereocenters. The number of aliphatic hydroxyl groups excluding tert-OH is 1. The molecule has 1 aliphatic carbocycles. The quantitative estimate of drug-likeness (QED) is 0.834. The van der Waals surface area contributed by atoms with Gasteiger partial charge in [0.25, 0.3) is 0 Å². The number of hydrogen-bond acceptors (Lipinski definition) is 3. The molecule has 0 spiro atoms. The maximum atomic E-state index is 12.2. The van der Waals surface area contributed by atoms with E-state index in [2.05, 4.69) is 18.7 Å². The fourth-order valence-corrected chi connectivity index (χ4v) is 3.56. The van der Waals surface area contributed by atoms with Gasteiger partial charge < -0.3 is 10.0 Å². The first-order valence-corrected chi connectivity index (χ1v) is 7.40. The third kappa shape index (κ3) is 3.12. The SMILES string of the molecule is CC1(C)CCC(CN2CCCC(CCO)C2)C1=O. The van der Waals surface area contributed by atoms with E-state index in [4.69, 9.17) is 5.11 Å². The van der Waals surface area contributed by atoms with Gasteiger partial charge in [0.1, 0.15) is 5.78 Å². The van der Waals surface area contributed by atoms with Gasteiger partial charge in [-0.1, -0.05) is 13.8 Å². The van der Waals surface area contributed by atoms with Crippen molar-refractivity contribution in [1.29, 1.82) is 0 Å². The Morgan fingerprint density at radius 1 is 1.39 bits per heavy atom. The molecule has 1 heterocycles. The van der Waals surface area contributed by atoms with Crippen molar-refractivity contribution in [1.82, 2.24) is 4.90 Å². The number of ketones is 1. The van der Waals surface area contributed by atoms with Crippen molar-refractivity contribution >= 4 is 5.78 Å². The van der Waals surface area contributed by atoms with E-state index in [-0.39, 0.29) is 11.3 Å². The smallest absolute Gasteiger partial charge is 0.142 e. The average Bonchev–Trinajstić information content (AvgIpc) is 2.57. The summed E-state index contributed by atoms with van der Waals surface area (Å²) < 4.78 is 0. The first-order chi connectivity index (χ1) is 8.53. The van der Waals surface area contributed by atoms with E-state index in [1.807, 2.05) is 0 Å². The molecule has 3 nitrogen and oxygen atoms in total. The fourth-order valence-electron chi connectivity index (χ4n) is 3.56. The van der Waals surface area contributed by atoms with Gasteiger partial charge >= 0.3 is 0 Å². The van der Waals surface area contributed by atoms with Gasteiger partial charge in [0.15, 0.2) is 0 Å². The number of carbonyl (C=O) groups excluding carboxylic acids is 1. The summed E-state index contributed by atoms with van der Waals surface area (Å²) in [7, 11) is 0. The molecule has 2 fully saturated rings. The summed E-state index contributed by atoms with van der Waals surface area (Å²) in [4.78, 5) is 14.7. The summed E-state index contributed by atoms with van der Waals surface area (Å²) in [6.07, 6.45) is 5.48. The molecule has 0 bridgehead atoms. The molecule has 0 amide bonds. The molecule has 1 aliphatic heterocycles. The Hall–Kier alpha value is -0.410. The lowest BCUT2D eigenvalue weighted by molar-refractivity contribution is -0.128. The summed E-state index contributed by atoms with van der Waals surface area (Å²) >= 11 is 0. The van der Waals surface area contributed by atoms with Gasteiger partial charge in [-0.2, -0.15) is 0 Å². The predicted molar refractivity (Wildman–Crippen MR) is 72.4 cm³/mol. The Morgan fingerprint density at radius 2 is 2.17 bits per heavy atom. The number of Topliss-reactive ketones (excluding diaryl/α,β-unsaturated/α-hetero) is 1. The van der Waals surface area contributed by atoms with Crippen LogP contribution in [0.4, 0.5) is 0 Å². The zero-order chi connectivity index (χ0) is 13.2. The molecule has 1 saturated carbocycles. The van der Waals surface area contributed by atoms with E-state index in [9.17, 15) is 4.79 Å². The lowest BCUT2D eigenvalue weighted by Gasteiger charge is -2.34. The maximum absolute atomic E-state index is 12.2. The average molecular weight is 253 g/mol. The molecule has 3 heteroatoms. The summed E-state index contributed by atoms with van der Waals surface area (Å²) in [5.41, 5.74) is -0.0923. The molecule has 0 aromatic carbocycles. The van der Waals surface area contributed by atoms with Gasteiger partial charge in [0.05, 0.1) is 0 Å². The van der Waals surface area contributed by atoms with Crippen molar-refractivity contribution in [3.63, 3.8) is 0 Å². The van der Waals surface area contributed by atoms with Crippen LogP contribution in [0.1, 0.15) is 46.0 Å². The van der Waals surface area contributed by atoms with Gasteiger partial charge in [-0.3, -0.25) is 4.79 Å². The molecule has 104 valence electrons. The van der Waals surface area contributed by atoms with Crippen molar-refractivity contribution in [2.75, 3.05) is 26.2 Å². The van der Waals surface area contributed by atoms with Crippen LogP contribution in [-0.2, 0) is 4.79 Å². The van der Waals surface area contributed by atoms with Crippen LogP contribution in [0.15, 0.2) is 0 Å².